The van der Waals surface area contributed by atoms with Crippen molar-refractivity contribution in [1.29, 1.82) is 0 Å². The Morgan fingerprint density at radius 2 is 1.75 bits per heavy atom. The van der Waals surface area contributed by atoms with Crippen LogP contribution >= 0.6 is 0 Å². The number of nitrogens with one attached hydrogen (secondary N) is 1. The Kier molecular flexibility index (Phi) is 1.95. The van der Waals surface area contributed by atoms with Gasteiger partial charge in [-0.3, -0.25) is 0 Å². The van der Waals surface area contributed by atoms with Gasteiger partial charge in [0.2, 0.25) is 0 Å². The molecule has 5 N–H and O–H groups in total. The summed E-state index contributed by atoms with van der Waals surface area (Å²) in [5.74, 6) is 0. The molecule has 6 heteroatoms. The molecule has 0 aliphatic rings. The fourth-order valence-corrected chi connectivity index (χ4v) is 1.25. The highest BCUT2D eigenvalue weighted by Crippen LogP contribution is 2.20. The summed E-state index contributed by atoms with van der Waals surface area (Å²) in [7, 11) is -3.93. The maximum absolute atomic E-state index is 10.7. The lowest BCUT2D eigenvalue weighted by molar-refractivity contribution is 0.605. The van der Waals surface area contributed by atoms with Crippen LogP contribution in [0.5, 0.6) is 0 Å². The summed E-state index contributed by atoms with van der Waals surface area (Å²) in [5.41, 5.74) is 11.2. The van der Waals surface area contributed by atoms with E-state index < -0.39 is 10.0 Å². The third-order valence-corrected chi connectivity index (χ3v) is 2.24. The van der Waals surface area contributed by atoms with Gasteiger partial charge in [-0.2, -0.15) is 0 Å². The summed E-state index contributed by atoms with van der Waals surface area (Å²) in [6.07, 6.45) is 0. The van der Waals surface area contributed by atoms with Crippen molar-refractivity contribution >= 4 is 21.4 Å². The largest absolute Gasteiger partial charge is 0.560 e. The van der Waals surface area contributed by atoms with Gasteiger partial charge < -0.3 is 16.6 Å². The van der Waals surface area contributed by atoms with E-state index in [9.17, 15) is 8.42 Å². The Labute approximate surface area is 70.2 Å². The summed E-state index contributed by atoms with van der Waals surface area (Å²) in [5, 5.41) is 6.72. The van der Waals surface area contributed by atoms with Gasteiger partial charge in [0.25, 0.3) is 0 Å². The molecule has 5 nitrogen and oxygen atoms in total. The van der Waals surface area contributed by atoms with Gasteiger partial charge >= 0.3 is 0 Å². The lowest BCUT2D eigenvalue weighted by Gasteiger charge is -2.06. The maximum Gasteiger partial charge on any atom is 0.0988 e. The van der Waals surface area contributed by atoms with Crippen LogP contribution in [-0.2, 0) is 10.0 Å². The second kappa shape index (κ2) is 2.65. The number of nitrogens with two attached hydrogens (primary N) is 2. The minimum absolute atomic E-state index is 0.144. The van der Waals surface area contributed by atoms with Gasteiger partial charge in [-0.05, 0) is 18.2 Å². The average molecular weight is 186 g/mol. The molecule has 66 valence electrons. The van der Waals surface area contributed by atoms with E-state index >= 15 is 0 Å². The zero-order valence-electron chi connectivity index (χ0n) is 6.11. The molecule has 0 unspecified atom stereocenters. The molecule has 1 aromatic carbocycles. The number of rotatable bonds is 1. The molecule has 0 saturated carbocycles. The second-order valence-electron chi connectivity index (χ2n) is 2.29. The molecule has 1 aromatic rings. The molecule has 0 aliphatic heterocycles. The minimum Gasteiger partial charge on any atom is -0.560 e. The van der Waals surface area contributed by atoms with Crippen LogP contribution in [0.15, 0.2) is 23.1 Å². The molecule has 12 heavy (non-hydrogen) atoms. The Morgan fingerprint density at radius 1 is 1.17 bits per heavy atom. The summed E-state index contributed by atoms with van der Waals surface area (Å²) < 4.78 is 21.3. The quantitative estimate of drug-likeness (QED) is 0.625. The molecule has 0 spiro atoms. The summed E-state index contributed by atoms with van der Waals surface area (Å²) in [6.45, 7) is 0. The molecular formula is C6H8N3O2S-. The SMILES string of the molecule is [NH-]S(=O)(=O)c1ccc(N)c(N)c1. The Hall–Kier alpha value is -1.27. The van der Waals surface area contributed by atoms with Crippen LogP contribution in [0.2, 0.25) is 0 Å². The Morgan fingerprint density at radius 3 is 2.17 bits per heavy atom. The van der Waals surface area contributed by atoms with E-state index in [1.807, 2.05) is 0 Å². The van der Waals surface area contributed by atoms with Crippen molar-refractivity contribution in [1.82, 2.24) is 0 Å². The van der Waals surface area contributed by atoms with E-state index in [0.29, 0.717) is 5.69 Å². The summed E-state index contributed by atoms with van der Waals surface area (Å²) in [6, 6.07) is 3.77. The van der Waals surface area contributed by atoms with Crippen LogP contribution in [0.25, 0.3) is 5.14 Å². The summed E-state index contributed by atoms with van der Waals surface area (Å²) in [4.78, 5) is -0.144. The first kappa shape index (κ1) is 8.82. The monoisotopic (exact) mass is 186 g/mol. The number of hydrogen-bond acceptors (Lipinski definition) is 4. The van der Waals surface area contributed by atoms with Gasteiger partial charge in [-0.25, -0.2) is 8.42 Å². The molecule has 0 atom stereocenters. The van der Waals surface area contributed by atoms with Crippen LogP contribution in [0.3, 0.4) is 0 Å². The second-order valence-corrected chi connectivity index (χ2v) is 3.77. The predicted octanol–water partition coefficient (Wildman–Crippen LogP) is 0.592. The van der Waals surface area contributed by atoms with Crippen molar-refractivity contribution < 1.29 is 8.42 Å². The van der Waals surface area contributed by atoms with Gasteiger partial charge in [0, 0.05) is 0 Å². The first-order chi connectivity index (χ1) is 5.41. The average Bonchev–Trinajstić information content (AvgIpc) is 1.92. The van der Waals surface area contributed by atoms with Crippen LogP contribution in [0.1, 0.15) is 0 Å². The van der Waals surface area contributed by atoms with Gasteiger partial charge in [-0.15, -0.1) is 0 Å². The van der Waals surface area contributed by atoms with E-state index in [1.54, 1.807) is 0 Å². The van der Waals surface area contributed by atoms with Gasteiger partial charge in [0.05, 0.1) is 26.3 Å². The molecule has 0 amide bonds. The third kappa shape index (κ3) is 1.66. The standard InChI is InChI=1S/C6H8N3O2S/c7-5-2-1-4(3-6(5)8)12(9,10)11/h1-3H,7-8H2,(H-,9,10,11)/q-1. The number of sulfonamides is 1. The Bertz CT molecular complexity index is 399. The number of benzene rings is 1. The normalized spacial score (nSPS) is 11.4. The molecule has 0 saturated heterocycles. The van der Waals surface area contributed by atoms with E-state index in [4.69, 9.17) is 16.6 Å². The van der Waals surface area contributed by atoms with Crippen molar-refractivity contribution in [3.63, 3.8) is 0 Å². The first-order valence-corrected chi connectivity index (χ1v) is 4.54. The summed E-state index contributed by atoms with van der Waals surface area (Å²) >= 11 is 0. The zero-order chi connectivity index (χ0) is 9.35. The lowest BCUT2D eigenvalue weighted by atomic mass is 10.3. The highest BCUT2D eigenvalue weighted by Gasteiger charge is 2.02. The van der Waals surface area contributed by atoms with Crippen molar-refractivity contribution in [3.8, 4) is 0 Å². The number of hydrogen-bond donors (Lipinski definition) is 2. The molecule has 1 rings (SSSR count). The topological polar surface area (TPSA) is 110 Å². The Balaban J connectivity index is 3.33. The number of anilines is 2. The van der Waals surface area contributed by atoms with Crippen molar-refractivity contribution in [2.45, 2.75) is 4.90 Å². The predicted molar refractivity (Wildman–Crippen MR) is 46.8 cm³/mol. The van der Waals surface area contributed by atoms with Crippen molar-refractivity contribution in [3.05, 3.63) is 23.3 Å². The van der Waals surface area contributed by atoms with Crippen LogP contribution in [0.4, 0.5) is 11.4 Å². The number of nitrogen functional groups attached to an aromatic ring is 2. The highest BCUT2D eigenvalue weighted by atomic mass is 32.2. The maximum atomic E-state index is 10.7. The van der Waals surface area contributed by atoms with Crippen LogP contribution in [-0.4, -0.2) is 8.42 Å². The fourth-order valence-electron chi connectivity index (χ4n) is 0.720. The van der Waals surface area contributed by atoms with E-state index in [0.717, 1.165) is 6.07 Å². The fraction of sp³-hybridized carbons (Fsp3) is 0. The van der Waals surface area contributed by atoms with Gasteiger partial charge in [0.15, 0.2) is 0 Å². The molecule has 0 aromatic heterocycles. The van der Waals surface area contributed by atoms with Crippen molar-refractivity contribution in [2.75, 3.05) is 11.5 Å². The minimum atomic E-state index is -3.93. The molecule has 0 fully saturated rings. The van der Waals surface area contributed by atoms with E-state index in [1.165, 1.54) is 12.1 Å². The van der Waals surface area contributed by atoms with Gasteiger partial charge in [-0.1, -0.05) is 0 Å². The van der Waals surface area contributed by atoms with Crippen molar-refractivity contribution in [2.24, 2.45) is 0 Å². The smallest absolute Gasteiger partial charge is 0.0988 e. The molecular weight excluding hydrogens is 178 g/mol. The molecule has 0 aliphatic carbocycles. The van der Waals surface area contributed by atoms with Crippen LogP contribution < -0.4 is 11.5 Å². The third-order valence-electron chi connectivity index (χ3n) is 1.37. The highest BCUT2D eigenvalue weighted by molar-refractivity contribution is 7.93. The van der Waals surface area contributed by atoms with E-state index in [2.05, 4.69) is 0 Å². The van der Waals surface area contributed by atoms with Gasteiger partial charge in [0.1, 0.15) is 0 Å². The molecule has 0 heterocycles. The zero-order valence-corrected chi connectivity index (χ0v) is 6.93. The molecule has 0 bridgehead atoms. The van der Waals surface area contributed by atoms with E-state index in [-0.39, 0.29) is 10.6 Å². The van der Waals surface area contributed by atoms with Crippen LogP contribution in [0, 0.1) is 0 Å². The molecule has 0 radical (unpaired) electrons. The first-order valence-electron chi connectivity index (χ1n) is 3.06. The lowest BCUT2D eigenvalue weighted by Crippen LogP contribution is -1.98.